The van der Waals surface area contributed by atoms with Gasteiger partial charge in [0.2, 0.25) is 0 Å². The largest absolute Gasteiger partial charge is 0.496 e. The molecule has 12 rings (SSSR count). The van der Waals surface area contributed by atoms with Crippen LogP contribution in [0.2, 0.25) is 0 Å². The van der Waals surface area contributed by atoms with Crippen LogP contribution in [-0.2, 0) is 5.41 Å². The number of fused-ring (bicyclic) bond motifs is 10. The Labute approximate surface area is 376 Å². The highest BCUT2D eigenvalue weighted by Gasteiger charge is 2.56. The molecule has 8 nitrogen and oxygen atoms in total. The highest BCUT2D eigenvalue weighted by molar-refractivity contribution is 6.04. The molecule has 8 heteroatoms. The van der Waals surface area contributed by atoms with Crippen LogP contribution in [0, 0.1) is 0 Å². The fraction of sp³-hybridized carbons (Fsp3) is 0.0526. The number of rotatable bonds is 8. The van der Waals surface area contributed by atoms with E-state index in [1.54, 1.807) is 14.2 Å². The molecule has 0 aliphatic heterocycles. The predicted molar refractivity (Wildman–Crippen MR) is 255 cm³/mol. The first-order valence-electron chi connectivity index (χ1n) is 21.5. The summed E-state index contributed by atoms with van der Waals surface area (Å²) in [5.41, 5.74) is 12.6. The third kappa shape index (κ3) is 5.91. The van der Waals surface area contributed by atoms with E-state index in [-0.39, 0.29) is 0 Å². The smallest absolute Gasteiger partial charge is 0.164 e. The van der Waals surface area contributed by atoms with Crippen LogP contribution in [0.5, 0.6) is 11.5 Å². The van der Waals surface area contributed by atoms with Gasteiger partial charge in [0.15, 0.2) is 34.9 Å². The van der Waals surface area contributed by atoms with Gasteiger partial charge >= 0.3 is 0 Å². The van der Waals surface area contributed by atoms with Crippen molar-refractivity contribution in [2.24, 2.45) is 0 Å². The van der Waals surface area contributed by atoms with Crippen LogP contribution in [0.4, 0.5) is 0 Å². The van der Waals surface area contributed by atoms with Crippen molar-refractivity contribution in [3.05, 3.63) is 216 Å². The summed E-state index contributed by atoms with van der Waals surface area (Å²) >= 11 is 0. The van der Waals surface area contributed by atoms with Crippen molar-refractivity contribution in [3.63, 3.8) is 0 Å². The van der Waals surface area contributed by atoms with E-state index in [4.69, 9.17) is 39.4 Å². The molecule has 0 N–H and O–H groups in total. The molecule has 0 amide bonds. The van der Waals surface area contributed by atoms with Crippen LogP contribution < -0.4 is 9.47 Å². The summed E-state index contributed by atoms with van der Waals surface area (Å²) in [5, 5.41) is 0. The molecule has 0 radical (unpaired) electrons. The van der Waals surface area contributed by atoms with Gasteiger partial charge in [0.1, 0.15) is 11.5 Å². The zero-order chi connectivity index (χ0) is 43.5. The van der Waals surface area contributed by atoms with Gasteiger partial charge in [-0.25, -0.2) is 29.9 Å². The summed E-state index contributed by atoms with van der Waals surface area (Å²) in [5.74, 6) is 4.93. The lowest BCUT2D eigenvalue weighted by atomic mass is 9.69. The maximum absolute atomic E-state index is 6.47. The number of hydrogen-bond donors (Lipinski definition) is 0. The van der Waals surface area contributed by atoms with Crippen molar-refractivity contribution >= 4 is 0 Å². The SMILES string of the molecule is COc1ccc(-c2nc(-c3ccccc3)nc(-c3ccccc3)n2)c2c1C1(c3ccccc3-2)c2ccccc2-c2c(-c3nc(-c4ccccc4)nc(-c4ccccc4)n3)ccc(OC)c21. The Kier molecular flexibility index (Phi) is 8.98. The lowest BCUT2D eigenvalue weighted by Gasteiger charge is -2.32. The van der Waals surface area contributed by atoms with Gasteiger partial charge in [-0.3, -0.25) is 0 Å². The first kappa shape index (κ1) is 38.1. The third-order valence-corrected chi connectivity index (χ3v) is 12.6. The monoisotopic (exact) mass is 838 g/mol. The predicted octanol–water partition coefficient (Wildman–Crippen LogP) is 12.4. The Balaban J connectivity index is 1.17. The van der Waals surface area contributed by atoms with E-state index in [1.807, 2.05) is 121 Å². The summed E-state index contributed by atoms with van der Waals surface area (Å²) in [7, 11) is 3.48. The minimum absolute atomic E-state index is 0.558. The molecule has 2 aliphatic carbocycles. The molecule has 0 unspecified atom stereocenters. The summed E-state index contributed by atoms with van der Waals surface area (Å²) < 4.78 is 12.9. The van der Waals surface area contributed by atoms with Crippen molar-refractivity contribution < 1.29 is 9.47 Å². The Morgan fingerprint density at radius 1 is 0.292 bits per heavy atom. The molecule has 2 aromatic heterocycles. The third-order valence-electron chi connectivity index (χ3n) is 12.6. The molecule has 8 aromatic carbocycles. The average molecular weight is 839 g/mol. The topological polar surface area (TPSA) is 95.8 Å². The normalized spacial score (nSPS) is 12.6. The van der Waals surface area contributed by atoms with Crippen LogP contribution in [0.1, 0.15) is 22.3 Å². The van der Waals surface area contributed by atoms with Crippen LogP contribution in [0.3, 0.4) is 0 Å². The zero-order valence-electron chi connectivity index (χ0n) is 35.5. The molecule has 2 heterocycles. The highest BCUT2D eigenvalue weighted by Crippen LogP contribution is 2.68. The summed E-state index contributed by atoms with van der Waals surface area (Å²) in [6.07, 6.45) is 0. The molecular weight excluding hydrogens is 801 g/mol. The quantitative estimate of drug-likeness (QED) is 0.149. The van der Waals surface area contributed by atoms with Crippen molar-refractivity contribution in [2.45, 2.75) is 5.41 Å². The first-order chi connectivity index (χ1) is 32.1. The van der Waals surface area contributed by atoms with Crippen molar-refractivity contribution in [1.29, 1.82) is 0 Å². The fourth-order valence-corrected chi connectivity index (χ4v) is 9.91. The van der Waals surface area contributed by atoms with E-state index < -0.39 is 5.41 Å². The van der Waals surface area contributed by atoms with Gasteiger partial charge in [-0.1, -0.05) is 170 Å². The lowest BCUT2D eigenvalue weighted by molar-refractivity contribution is 0.398. The second kappa shape index (κ2) is 15.3. The average Bonchev–Trinajstić information content (AvgIpc) is 3.87. The van der Waals surface area contributed by atoms with Gasteiger partial charge in [0.05, 0.1) is 19.6 Å². The molecule has 2 aliphatic rings. The number of benzene rings is 8. The zero-order valence-corrected chi connectivity index (χ0v) is 35.5. The molecule has 10 aromatic rings. The van der Waals surface area contributed by atoms with E-state index in [0.29, 0.717) is 34.9 Å². The second-order valence-corrected chi connectivity index (χ2v) is 16.0. The molecule has 65 heavy (non-hydrogen) atoms. The summed E-state index contributed by atoms with van der Waals surface area (Å²) in [6.45, 7) is 0. The van der Waals surface area contributed by atoms with Gasteiger partial charge in [0, 0.05) is 55.6 Å². The van der Waals surface area contributed by atoms with Gasteiger partial charge < -0.3 is 9.47 Å². The van der Waals surface area contributed by atoms with Gasteiger partial charge in [-0.05, 0) is 46.5 Å². The first-order valence-corrected chi connectivity index (χ1v) is 21.5. The number of aromatic nitrogens is 6. The Hall–Kier alpha value is -8.62. The molecule has 1 spiro atoms. The van der Waals surface area contributed by atoms with Gasteiger partial charge in [-0.2, -0.15) is 0 Å². The van der Waals surface area contributed by atoms with Crippen molar-refractivity contribution in [2.75, 3.05) is 14.2 Å². The molecule has 0 saturated carbocycles. The molecule has 0 saturated heterocycles. The van der Waals surface area contributed by atoms with E-state index in [0.717, 1.165) is 89.4 Å². The highest BCUT2D eigenvalue weighted by atomic mass is 16.5. The molecule has 308 valence electrons. The number of methoxy groups -OCH3 is 2. The lowest BCUT2D eigenvalue weighted by Crippen LogP contribution is -2.27. The van der Waals surface area contributed by atoms with Gasteiger partial charge in [0.25, 0.3) is 0 Å². The Morgan fingerprint density at radius 2 is 0.585 bits per heavy atom. The molecule has 0 fully saturated rings. The van der Waals surface area contributed by atoms with Crippen LogP contribution in [0.25, 0.3) is 90.6 Å². The van der Waals surface area contributed by atoms with Crippen LogP contribution in [-0.4, -0.2) is 44.1 Å². The maximum atomic E-state index is 6.47. The van der Waals surface area contributed by atoms with Crippen LogP contribution in [0.15, 0.2) is 194 Å². The van der Waals surface area contributed by atoms with Crippen molar-refractivity contribution in [3.8, 4) is 102 Å². The fourth-order valence-electron chi connectivity index (χ4n) is 9.91. The minimum atomic E-state index is -0.907. The summed E-state index contributed by atoms with van der Waals surface area (Å²) in [6, 6.07) is 65.9. The Morgan fingerprint density at radius 3 is 0.908 bits per heavy atom. The number of hydrogen-bond acceptors (Lipinski definition) is 8. The second-order valence-electron chi connectivity index (χ2n) is 16.0. The van der Waals surface area contributed by atoms with E-state index in [1.165, 1.54) is 0 Å². The standard InChI is InChI=1S/C57H38N6O2/c1-64-45-33-31-41(55-60-51(35-19-7-3-8-20-35)58-52(61-55)36-21-9-4-10-22-36)47-39-27-15-17-29-43(39)57(49(45)47)44-30-18-16-28-40(44)48-42(32-34-46(65-2)50(48)57)56-62-53(37-23-11-5-12-24-37)59-54(63-56)38-25-13-6-14-26-38/h3-34H,1-2H3. The molecular formula is C57H38N6O2. The summed E-state index contributed by atoms with van der Waals surface area (Å²) in [4.78, 5) is 31.1. The number of ether oxygens (including phenoxy) is 2. The molecule has 0 atom stereocenters. The van der Waals surface area contributed by atoms with E-state index >= 15 is 0 Å². The van der Waals surface area contributed by atoms with E-state index in [9.17, 15) is 0 Å². The van der Waals surface area contributed by atoms with Gasteiger partial charge in [-0.15, -0.1) is 0 Å². The van der Waals surface area contributed by atoms with Crippen LogP contribution >= 0.6 is 0 Å². The maximum Gasteiger partial charge on any atom is 0.164 e. The molecule has 0 bridgehead atoms. The minimum Gasteiger partial charge on any atom is -0.496 e. The number of nitrogens with zero attached hydrogens (tertiary/aromatic N) is 6. The van der Waals surface area contributed by atoms with Crippen molar-refractivity contribution in [1.82, 2.24) is 29.9 Å². The van der Waals surface area contributed by atoms with E-state index in [2.05, 4.69) is 72.8 Å². The Bertz CT molecular complexity index is 3110.